The molecule has 1 aromatic carbocycles. The first kappa shape index (κ1) is 23.8. The van der Waals surface area contributed by atoms with E-state index < -0.39 is 18.8 Å². The highest BCUT2D eigenvalue weighted by Gasteiger charge is 2.22. The van der Waals surface area contributed by atoms with Crippen molar-refractivity contribution in [2.24, 2.45) is 7.05 Å². The molecule has 0 saturated carbocycles. The van der Waals surface area contributed by atoms with Crippen LogP contribution >= 0.6 is 0 Å². The molecular formula is C23H19F3N8O3. The van der Waals surface area contributed by atoms with E-state index in [1.54, 1.807) is 19.3 Å². The van der Waals surface area contributed by atoms with E-state index in [4.69, 9.17) is 9.47 Å². The van der Waals surface area contributed by atoms with Crippen LogP contribution in [0.25, 0.3) is 16.9 Å². The van der Waals surface area contributed by atoms with E-state index in [2.05, 4.69) is 25.6 Å². The number of nitrogens with zero attached hydrogens (tertiary/aromatic N) is 7. The molecule has 0 spiro atoms. The number of nitrogens with one attached hydrogen (secondary N) is 1. The van der Waals surface area contributed by atoms with Gasteiger partial charge < -0.3 is 14.8 Å². The maximum atomic E-state index is 13.5. The van der Waals surface area contributed by atoms with Crippen molar-refractivity contribution in [2.75, 3.05) is 5.32 Å². The molecule has 0 aliphatic carbocycles. The van der Waals surface area contributed by atoms with Crippen LogP contribution in [0.4, 0.5) is 18.9 Å². The van der Waals surface area contributed by atoms with Crippen LogP contribution in [-0.4, -0.2) is 46.7 Å². The number of anilines is 1. The van der Waals surface area contributed by atoms with Crippen molar-refractivity contribution in [3.05, 3.63) is 67.0 Å². The number of alkyl halides is 3. The van der Waals surface area contributed by atoms with Gasteiger partial charge in [-0.1, -0.05) is 0 Å². The minimum absolute atomic E-state index is 0.123. The molecule has 11 nitrogen and oxygen atoms in total. The standard InChI is InChI=1S/C23H19F3N8O3/c1-13(24)34-11-15(9-28-34)36-14-4-5-19(37-23(25)26)16(8-14)20-18(12-32(2)31-20)30-22(35)17-10-29-33-7-3-6-27-21(17)33/h3-13,23H,1-2H3,(H,30,35). The van der Waals surface area contributed by atoms with E-state index in [9.17, 15) is 18.0 Å². The number of fused-ring (bicyclic) bond motifs is 1. The van der Waals surface area contributed by atoms with Crippen LogP contribution in [0.15, 0.2) is 61.4 Å². The van der Waals surface area contributed by atoms with E-state index in [-0.39, 0.29) is 39.8 Å². The van der Waals surface area contributed by atoms with E-state index in [0.29, 0.717) is 5.65 Å². The smallest absolute Gasteiger partial charge is 0.387 e. The van der Waals surface area contributed by atoms with Crippen molar-refractivity contribution in [1.82, 2.24) is 34.2 Å². The first-order valence-corrected chi connectivity index (χ1v) is 10.9. The highest BCUT2D eigenvalue weighted by molar-refractivity contribution is 6.09. The Hall–Kier alpha value is -4.88. The summed E-state index contributed by atoms with van der Waals surface area (Å²) in [6.45, 7) is -1.80. The Morgan fingerprint density at radius 3 is 2.70 bits per heavy atom. The number of benzene rings is 1. The van der Waals surface area contributed by atoms with E-state index in [1.807, 2.05) is 0 Å². The van der Waals surface area contributed by atoms with Gasteiger partial charge >= 0.3 is 6.61 Å². The van der Waals surface area contributed by atoms with Crippen LogP contribution in [-0.2, 0) is 7.05 Å². The van der Waals surface area contributed by atoms with Gasteiger partial charge in [0.05, 0.1) is 29.8 Å². The summed E-state index contributed by atoms with van der Waals surface area (Å²) in [4.78, 5) is 17.2. The predicted molar refractivity (Wildman–Crippen MR) is 124 cm³/mol. The summed E-state index contributed by atoms with van der Waals surface area (Å²) in [6, 6.07) is 5.78. The van der Waals surface area contributed by atoms with Crippen molar-refractivity contribution in [2.45, 2.75) is 19.8 Å². The first-order valence-electron chi connectivity index (χ1n) is 10.9. The normalized spacial score (nSPS) is 12.2. The molecule has 0 radical (unpaired) electrons. The van der Waals surface area contributed by atoms with Gasteiger partial charge in [-0.2, -0.15) is 24.1 Å². The van der Waals surface area contributed by atoms with Gasteiger partial charge in [0.25, 0.3) is 5.91 Å². The van der Waals surface area contributed by atoms with Crippen molar-refractivity contribution >= 4 is 17.2 Å². The van der Waals surface area contributed by atoms with Crippen molar-refractivity contribution < 1.29 is 27.4 Å². The third-order valence-corrected chi connectivity index (χ3v) is 5.20. The molecule has 1 amide bonds. The molecule has 5 rings (SSSR count). The number of carbonyl (C=O) groups is 1. The molecule has 0 aliphatic rings. The monoisotopic (exact) mass is 512 g/mol. The van der Waals surface area contributed by atoms with Gasteiger partial charge in [0, 0.05) is 25.6 Å². The third kappa shape index (κ3) is 4.94. The number of halogens is 3. The number of carbonyl (C=O) groups excluding carboxylic acids is 1. The van der Waals surface area contributed by atoms with Crippen LogP contribution in [0, 0.1) is 0 Å². The van der Waals surface area contributed by atoms with Gasteiger partial charge in [-0.15, -0.1) is 0 Å². The lowest BCUT2D eigenvalue weighted by atomic mass is 10.1. The molecule has 0 bridgehead atoms. The molecule has 0 aliphatic heterocycles. The quantitative estimate of drug-likeness (QED) is 0.327. The van der Waals surface area contributed by atoms with E-state index in [0.717, 1.165) is 4.68 Å². The maximum Gasteiger partial charge on any atom is 0.387 e. The Balaban J connectivity index is 1.50. The molecule has 1 atom stereocenters. The molecule has 1 N–H and O–H groups in total. The Bertz CT molecular complexity index is 1580. The summed E-state index contributed by atoms with van der Waals surface area (Å²) in [6.07, 6.45) is 7.36. The molecule has 0 saturated heterocycles. The molecular weight excluding hydrogens is 493 g/mol. The zero-order chi connectivity index (χ0) is 26.1. The Labute approximate surface area is 207 Å². The van der Waals surface area contributed by atoms with Gasteiger partial charge in [-0.05, 0) is 31.2 Å². The number of aryl methyl sites for hydroxylation is 1. The third-order valence-electron chi connectivity index (χ3n) is 5.20. The summed E-state index contributed by atoms with van der Waals surface area (Å²) in [7, 11) is 1.61. The summed E-state index contributed by atoms with van der Waals surface area (Å²) in [5, 5.41) is 15.0. The fraction of sp³-hybridized carbons (Fsp3) is 0.174. The highest BCUT2D eigenvalue weighted by atomic mass is 19.3. The van der Waals surface area contributed by atoms with Gasteiger partial charge in [-0.25, -0.2) is 18.6 Å². The van der Waals surface area contributed by atoms with Crippen LogP contribution in [0.3, 0.4) is 0 Å². The van der Waals surface area contributed by atoms with Gasteiger partial charge in [0.2, 0.25) is 0 Å². The average Bonchev–Trinajstić information content (AvgIpc) is 3.58. The van der Waals surface area contributed by atoms with E-state index >= 15 is 0 Å². The van der Waals surface area contributed by atoms with Crippen LogP contribution in [0.5, 0.6) is 17.2 Å². The molecule has 5 aromatic rings. The lowest BCUT2D eigenvalue weighted by Gasteiger charge is -2.13. The Kier molecular flexibility index (Phi) is 6.21. The van der Waals surface area contributed by atoms with Crippen LogP contribution in [0.1, 0.15) is 23.6 Å². The molecule has 190 valence electrons. The number of hydrogen-bond acceptors (Lipinski definition) is 7. The minimum Gasteiger partial charge on any atom is -0.454 e. The Morgan fingerprint density at radius 2 is 1.95 bits per heavy atom. The number of rotatable bonds is 8. The molecule has 14 heteroatoms. The largest absolute Gasteiger partial charge is 0.454 e. The average molecular weight is 512 g/mol. The number of amides is 1. The summed E-state index contributed by atoms with van der Waals surface area (Å²) >= 11 is 0. The number of ether oxygens (including phenoxy) is 2. The van der Waals surface area contributed by atoms with Gasteiger partial charge in [-0.3, -0.25) is 9.48 Å². The van der Waals surface area contributed by atoms with Gasteiger partial charge in [0.1, 0.15) is 22.8 Å². The summed E-state index contributed by atoms with van der Waals surface area (Å²) < 4.78 is 54.2. The topological polar surface area (TPSA) is 113 Å². The molecule has 4 heterocycles. The lowest BCUT2D eigenvalue weighted by molar-refractivity contribution is -0.0494. The minimum atomic E-state index is -3.11. The summed E-state index contributed by atoms with van der Waals surface area (Å²) in [5.74, 6) is -0.271. The van der Waals surface area contributed by atoms with Gasteiger partial charge in [0.15, 0.2) is 17.7 Å². The second kappa shape index (κ2) is 9.64. The molecule has 0 fully saturated rings. The van der Waals surface area contributed by atoms with Crippen molar-refractivity contribution in [3.8, 4) is 28.5 Å². The lowest BCUT2D eigenvalue weighted by Crippen LogP contribution is -2.12. The SMILES string of the molecule is CC(F)n1cc(Oc2ccc(OC(F)F)c(-c3nn(C)cc3NC(=O)c3cnn4cccnc34)c2)cn1. The van der Waals surface area contributed by atoms with Crippen LogP contribution < -0.4 is 14.8 Å². The number of hydrogen-bond donors (Lipinski definition) is 1. The zero-order valence-electron chi connectivity index (χ0n) is 19.4. The molecule has 37 heavy (non-hydrogen) atoms. The number of aromatic nitrogens is 7. The van der Waals surface area contributed by atoms with Crippen LogP contribution in [0.2, 0.25) is 0 Å². The fourth-order valence-electron chi connectivity index (χ4n) is 3.62. The molecule has 4 aromatic heterocycles. The maximum absolute atomic E-state index is 13.5. The second-order valence-corrected chi connectivity index (χ2v) is 7.83. The van der Waals surface area contributed by atoms with Crippen molar-refractivity contribution in [3.63, 3.8) is 0 Å². The zero-order valence-corrected chi connectivity index (χ0v) is 19.4. The first-order chi connectivity index (χ1) is 17.8. The second-order valence-electron chi connectivity index (χ2n) is 7.83. The van der Waals surface area contributed by atoms with Crippen molar-refractivity contribution in [1.29, 1.82) is 0 Å². The predicted octanol–water partition coefficient (Wildman–Crippen LogP) is 4.46. The highest BCUT2D eigenvalue weighted by Crippen LogP contribution is 2.38. The summed E-state index contributed by atoms with van der Waals surface area (Å²) in [5.41, 5.74) is 1.03. The van der Waals surface area contributed by atoms with E-state index in [1.165, 1.54) is 65.3 Å². The molecule has 1 unspecified atom stereocenters. The Morgan fingerprint density at radius 1 is 1.11 bits per heavy atom. The fourth-order valence-corrected chi connectivity index (χ4v) is 3.62.